The van der Waals surface area contributed by atoms with Crippen LogP contribution in [0, 0.1) is 0 Å². The summed E-state index contributed by atoms with van der Waals surface area (Å²) in [6, 6.07) is 0.198. The molecule has 5 heteroatoms. The Kier molecular flexibility index (Phi) is 6.06. The van der Waals surface area contributed by atoms with Gasteiger partial charge in [-0.05, 0) is 0 Å². The number of rotatable bonds is 2. The average molecular weight is 195 g/mol. The van der Waals surface area contributed by atoms with Gasteiger partial charge in [-0.3, -0.25) is 4.79 Å². The van der Waals surface area contributed by atoms with Gasteiger partial charge >= 0.3 is 0 Å². The summed E-state index contributed by atoms with van der Waals surface area (Å²) < 4.78 is 5.18. The van der Waals surface area contributed by atoms with Crippen LogP contribution in [0.1, 0.15) is 6.42 Å². The molecule has 1 rings (SSSR count). The van der Waals surface area contributed by atoms with Gasteiger partial charge in [-0.15, -0.1) is 12.4 Å². The van der Waals surface area contributed by atoms with Crippen LogP contribution in [-0.4, -0.2) is 38.8 Å². The van der Waals surface area contributed by atoms with Crippen LogP contribution in [0.25, 0.3) is 0 Å². The molecule has 0 saturated carbocycles. The molecule has 1 amide bonds. The summed E-state index contributed by atoms with van der Waals surface area (Å²) in [5, 5.41) is 5.78. The number of morpholine rings is 1. The van der Waals surface area contributed by atoms with Crippen molar-refractivity contribution in [2.75, 3.05) is 26.8 Å². The van der Waals surface area contributed by atoms with E-state index in [-0.39, 0.29) is 24.4 Å². The molecule has 4 nitrogen and oxygen atoms in total. The molecule has 1 saturated heterocycles. The van der Waals surface area contributed by atoms with E-state index in [0.717, 1.165) is 13.2 Å². The predicted molar refractivity (Wildman–Crippen MR) is 48.5 cm³/mol. The molecule has 0 radical (unpaired) electrons. The van der Waals surface area contributed by atoms with Crippen LogP contribution in [0.4, 0.5) is 0 Å². The first-order chi connectivity index (χ1) is 5.33. The number of hydrogen-bond acceptors (Lipinski definition) is 3. The van der Waals surface area contributed by atoms with Gasteiger partial charge in [-0.2, -0.15) is 0 Å². The van der Waals surface area contributed by atoms with Crippen molar-refractivity contribution in [3.05, 3.63) is 0 Å². The third-order valence-electron chi connectivity index (χ3n) is 1.71. The van der Waals surface area contributed by atoms with Gasteiger partial charge in [0, 0.05) is 26.1 Å². The fourth-order valence-electron chi connectivity index (χ4n) is 1.08. The molecule has 1 unspecified atom stereocenters. The number of hydrogen-bond donors (Lipinski definition) is 2. The minimum Gasteiger partial charge on any atom is -0.378 e. The van der Waals surface area contributed by atoms with Crippen molar-refractivity contribution >= 4 is 18.3 Å². The number of ether oxygens (including phenoxy) is 1. The first-order valence-corrected chi connectivity index (χ1v) is 3.84. The topological polar surface area (TPSA) is 50.4 Å². The molecule has 1 fully saturated rings. The molecule has 1 aliphatic heterocycles. The lowest BCUT2D eigenvalue weighted by Gasteiger charge is -2.22. The van der Waals surface area contributed by atoms with Crippen molar-refractivity contribution in [1.29, 1.82) is 0 Å². The minimum absolute atomic E-state index is 0. The Morgan fingerprint density at radius 3 is 3.00 bits per heavy atom. The van der Waals surface area contributed by atoms with E-state index >= 15 is 0 Å². The Bertz CT molecular complexity index is 137. The fourth-order valence-corrected chi connectivity index (χ4v) is 1.08. The number of carbonyl (C=O) groups excluding carboxylic acids is 1. The number of carbonyl (C=O) groups is 1. The lowest BCUT2D eigenvalue weighted by molar-refractivity contribution is -0.121. The summed E-state index contributed by atoms with van der Waals surface area (Å²) in [6.45, 7) is 2.25. The molecular formula is C7H15ClN2O2. The van der Waals surface area contributed by atoms with Crippen LogP contribution in [0.5, 0.6) is 0 Å². The highest BCUT2D eigenvalue weighted by Gasteiger charge is 2.15. The normalized spacial score (nSPS) is 22.6. The van der Waals surface area contributed by atoms with Crippen molar-refractivity contribution in [2.24, 2.45) is 0 Å². The second-order valence-electron chi connectivity index (χ2n) is 2.60. The van der Waals surface area contributed by atoms with Gasteiger partial charge < -0.3 is 15.4 Å². The van der Waals surface area contributed by atoms with E-state index in [9.17, 15) is 4.79 Å². The second kappa shape index (κ2) is 6.22. The van der Waals surface area contributed by atoms with Crippen LogP contribution in [0.2, 0.25) is 0 Å². The molecule has 2 N–H and O–H groups in total. The Balaban J connectivity index is 0.00000121. The molecule has 0 aromatic carbocycles. The standard InChI is InChI=1S/C7H14N2O2.ClH/c1-8-7(10)4-6-5-11-3-2-9-6;/h6,9H,2-5H2,1H3,(H,8,10);1H. The van der Waals surface area contributed by atoms with E-state index in [1.807, 2.05) is 0 Å². The van der Waals surface area contributed by atoms with Crippen molar-refractivity contribution in [2.45, 2.75) is 12.5 Å². The Morgan fingerprint density at radius 1 is 1.75 bits per heavy atom. The molecule has 12 heavy (non-hydrogen) atoms. The van der Waals surface area contributed by atoms with Crippen molar-refractivity contribution < 1.29 is 9.53 Å². The van der Waals surface area contributed by atoms with Crippen molar-refractivity contribution in [3.63, 3.8) is 0 Å². The van der Waals surface area contributed by atoms with Crippen LogP contribution < -0.4 is 10.6 Å². The fraction of sp³-hybridized carbons (Fsp3) is 0.857. The first-order valence-electron chi connectivity index (χ1n) is 3.84. The highest BCUT2D eigenvalue weighted by Crippen LogP contribution is 1.97. The molecule has 0 aromatic rings. The molecule has 0 aromatic heterocycles. The van der Waals surface area contributed by atoms with Crippen LogP contribution in [0.15, 0.2) is 0 Å². The number of halogens is 1. The predicted octanol–water partition coefficient (Wildman–Crippen LogP) is -0.467. The Hall–Kier alpha value is -0.320. The largest absolute Gasteiger partial charge is 0.378 e. The summed E-state index contributed by atoms with van der Waals surface area (Å²) in [6.07, 6.45) is 0.510. The van der Waals surface area contributed by atoms with E-state index in [4.69, 9.17) is 4.74 Å². The Labute approximate surface area is 78.5 Å². The summed E-state index contributed by atoms with van der Waals surface area (Å²) >= 11 is 0. The number of amides is 1. The van der Waals surface area contributed by atoms with E-state index in [1.54, 1.807) is 7.05 Å². The third-order valence-corrected chi connectivity index (χ3v) is 1.71. The summed E-state index contributed by atoms with van der Waals surface area (Å²) in [4.78, 5) is 10.9. The van der Waals surface area contributed by atoms with Crippen molar-refractivity contribution in [3.8, 4) is 0 Å². The van der Waals surface area contributed by atoms with Crippen LogP contribution >= 0.6 is 12.4 Å². The SMILES string of the molecule is CNC(=O)CC1COCCN1.Cl. The molecule has 1 aliphatic rings. The molecular weight excluding hydrogens is 180 g/mol. The van der Waals surface area contributed by atoms with Gasteiger partial charge in [0.25, 0.3) is 0 Å². The minimum atomic E-state index is 0. The zero-order valence-corrected chi connectivity index (χ0v) is 7.95. The maximum absolute atomic E-state index is 10.9. The maximum Gasteiger partial charge on any atom is 0.221 e. The zero-order valence-electron chi connectivity index (χ0n) is 7.13. The van der Waals surface area contributed by atoms with E-state index in [0.29, 0.717) is 13.0 Å². The monoisotopic (exact) mass is 194 g/mol. The smallest absolute Gasteiger partial charge is 0.221 e. The van der Waals surface area contributed by atoms with Gasteiger partial charge in [0.05, 0.1) is 13.2 Å². The Morgan fingerprint density at radius 2 is 2.50 bits per heavy atom. The first kappa shape index (κ1) is 11.7. The summed E-state index contributed by atoms with van der Waals surface area (Å²) in [5.41, 5.74) is 0. The molecule has 1 atom stereocenters. The van der Waals surface area contributed by atoms with Crippen LogP contribution in [-0.2, 0) is 9.53 Å². The van der Waals surface area contributed by atoms with Gasteiger partial charge in [0.2, 0.25) is 5.91 Å². The van der Waals surface area contributed by atoms with Gasteiger partial charge in [-0.25, -0.2) is 0 Å². The summed E-state index contributed by atoms with van der Waals surface area (Å²) in [5.74, 6) is 0.0630. The molecule has 1 heterocycles. The molecule has 72 valence electrons. The third kappa shape index (κ3) is 3.90. The van der Waals surface area contributed by atoms with Gasteiger partial charge in [0.1, 0.15) is 0 Å². The lowest BCUT2D eigenvalue weighted by Crippen LogP contribution is -2.43. The molecule has 0 bridgehead atoms. The average Bonchev–Trinajstić information content (AvgIpc) is 2.06. The zero-order chi connectivity index (χ0) is 8.10. The van der Waals surface area contributed by atoms with Crippen molar-refractivity contribution in [1.82, 2.24) is 10.6 Å². The van der Waals surface area contributed by atoms with E-state index in [2.05, 4.69) is 10.6 Å². The number of nitrogens with one attached hydrogen (secondary N) is 2. The highest BCUT2D eigenvalue weighted by atomic mass is 35.5. The van der Waals surface area contributed by atoms with Gasteiger partial charge in [-0.1, -0.05) is 0 Å². The highest BCUT2D eigenvalue weighted by molar-refractivity contribution is 5.85. The molecule has 0 aliphatic carbocycles. The quantitative estimate of drug-likeness (QED) is 0.625. The van der Waals surface area contributed by atoms with E-state index < -0.39 is 0 Å². The molecule has 0 spiro atoms. The van der Waals surface area contributed by atoms with E-state index in [1.165, 1.54) is 0 Å². The van der Waals surface area contributed by atoms with Gasteiger partial charge in [0.15, 0.2) is 0 Å². The summed E-state index contributed by atoms with van der Waals surface area (Å²) in [7, 11) is 1.64. The second-order valence-corrected chi connectivity index (χ2v) is 2.60. The van der Waals surface area contributed by atoms with Crippen LogP contribution in [0.3, 0.4) is 0 Å². The maximum atomic E-state index is 10.9. The lowest BCUT2D eigenvalue weighted by atomic mass is 10.2.